The van der Waals surface area contributed by atoms with Gasteiger partial charge in [0.25, 0.3) is 5.91 Å². The molecule has 3 rings (SSSR count). The number of likely N-dealkylation sites (tertiary alicyclic amines) is 1. The number of nitrogens with zero attached hydrogens (tertiary/aromatic N) is 1. The minimum Gasteiger partial charge on any atom is -0.493 e. The van der Waals surface area contributed by atoms with Crippen LogP contribution >= 0.6 is 0 Å². The molecule has 0 bridgehead atoms. The van der Waals surface area contributed by atoms with Crippen LogP contribution in [0.2, 0.25) is 0 Å². The first-order chi connectivity index (χ1) is 14.3. The maximum atomic E-state index is 13.0. The molecular formula is C22H26N2O6. The molecule has 1 heterocycles. The van der Waals surface area contributed by atoms with E-state index in [1.54, 1.807) is 57.0 Å². The molecule has 0 saturated carbocycles. The van der Waals surface area contributed by atoms with E-state index in [1.807, 2.05) is 19.1 Å². The standard InChI is InChI=1S/C22H26N2O6/c1-14(20(25)23-27)24-12-11-22(2,21(24)26)15-5-7-16(8-6-15)30-17-9-10-18(28-3)19(13-17)29-4/h5-10,13-14,27H,11-12H2,1-4H3,(H,23,25)/t14-,22+/m1/s1. The number of carbonyl (C=O) groups excluding carboxylic acids is 2. The van der Waals surface area contributed by atoms with Gasteiger partial charge in [0.05, 0.1) is 19.6 Å². The van der Waals surface area contributed by atoms with Crippen molar-refractivity contribution in [2.45, 2.75) is 31.7 Å². The Morgan fingerprint density at radius 3 is 2.33 bits per heavy atom. The molecule has 0 radical (unpaired) electrons. The van der Waals surface area contributed by atoms with Gasteiger partial charge in [0, 0.05) is 12.6 Å². The Morgan fingerprint density at radius 2 is 1.73 bits per heavy atom. The number of amides is 2. The van der Waals surface area contributed by atoms with Crippen molar-refractivity contribution in [1.29, 1.82) is 0 Å². The molecule has 30 heavy (non-hydrogen) atoms. The average Bonchev–Trinajstić information content (AvgIpc) is 3.08. The van der Waals surface area contributed by atoms with Crippen molar-refractivity contribution in [3.8, 4) is 23.0 Å². The van der Waals surface area contributed by atoms with Crippen LogP contribution in [0.1, 0.15) is 25.8 Å². The summed E-state index contributed by atoms with van der Waals surface area (Å²) >= 11 is 0. The predicted molar refractivity (Wildman–Crippen MR) is 109 cm³/mol. The Kier molecular flexibility index (Phi) is 6.17. The van der Waals surface area contributed by atoms with Gasteiger partial charge in [-0.2, -0.15) is 0 Å². The summed E-state index contributed by atoms with van der Waals surface area (Å²) in [6.07, 6.45) is 0.574. The first kappa shape index (κ1) is 21.4. The zero-order chi connectivity index (χ0) is 21.9. The van der Waals surface area contributed by atoms with E-state index >= 15 is 0 Å². The topological polar surface area (TPSA) is 97.3 Å². The second-order valence-electron chi connectivity index (χ2n) is 7.38. The molecule has 2 atom stereocenters. The van der Waals surface area contributed by atoms with Crippen LogP contribution < -0.4 is 19.7 Å². The van der Waals surface area contributed by atoms with E-state index in [9.17, 15) is 9.59 Å². The molecule has 160 valence electrons. The van der Waals surface area contributed by atoms with Crippen molar-refractivity contribution in [1.82, 2.24) is 10.4 Å². The molecule has 0 aliphatic carbocycles. The van der Waals surface area contributed by atoms with Crippen LogP contribution in [0.5, 0.6) is 23.0 Å². The SMILES string of the molecule is COc1ccc(Oc2ccc([C@]3(C)CCN([C@H](C)C(=O)NO)C3=O)cc2)cc1OC. The highest BCUT2D eigenvalue weighted by Gasteiger charge is 2.46. The van der Waals surface area contributed by atoms with E-state index in [0.29, 0.717) is 36.0 Å². The molecule has 0 spiro atoms. The molecule has 2 aromatic carbocycles. The van der Waals surface area contributed by atoms with Crippen molar-refractivity contribution >= 4 is 11.8 Å². The van der Waals surface area contributed by atoms with Crippen molar-refractivity contribution in [3.63, 3.8) is 0 Å². The van der Waals surface area contributed by atoms with E-state index in [1.165, 1.54) is 4.90 Å². The fourth-order valence-corrected chi connectivity index (χ4v) is 3.65. The molecule has 0 unspecified atom stereocenters. The number of ether oxygens (including phenoxy) is 3. The molecule has 1 saturated heterocycles. The number of rotatable bonds is 7. The van der Waals surface area contributed by atoms with Gasteiger partial charge >= 0.3 is 0 Å². The second-order valence-corrected chi connectivity index (χ2v) is 7.38. The fourth-order valence-electron chi connectivity index (χ4n) is 3.65. The van der Waals surface area contributed by atoms with Crippen molar-refractivity contribution < 1.29 is 29.0 Å². The molecule has 2 N–H and O–H groups in total. The molecule has 1 aliphatic rings. The van der Waals surface area contributed by atoms with E-state index in [0.717, 1.165) is 5.56 Å². The van der Waals surface area contributed by atoms with E-state index < -0.39 is 17.4 Å². The maximum absolute atomic E-state index is 13.0. The summed E-state index contributed by atoms with van der Waals surface area (Å²) in [7, 11) is 3.13. The number of hydrogen-bond acceptors (Lipinski definition) is 6. The second kappa shape index (κ2) is 8.62. The van der Waals surface area contributed by atoms with Crippen LogP contribution in [-0.2, 0) is 15.0 Å². The molecule has 1 fully saturated rings. The lowest BCUT2D eigenvalue weighted by atomic mass is 9.81. The number of benzene rings is 2. The van der Waals surface area contributed by atoms with Crippen LogP contribution in [0.4, 0.5) is 0 Å². The number of methoxy groups -OCH3 is 2. The monoisotopic (exact) mass is 414 g/mol. The summed E-state index contributed by atoms with van der Waals surface area (Å²) in [4.78, 5) is 26.2. The van der Waals surface area contributed by atoms with Gasteiger partial charge in [0.1, 0.15) is 17.5 Å². The highest BCUT2D eigenvalue weighted by atomic mass is 16.5. The van der Waals surface area contributed by atoms with Crippen LogP contribution in [0.25, 0.3) is 0 Å². The Hall–Kier alpha value is -3.26. The summed E-state index contributed by atoms with van der Waals surface area (Å²) in [6, 6.07) is 11.9. The highest BCUT2D eigenvalue weighted by molar-refractivity contribution is 5.94. The van der Waals surface area contributed by atoms with Gasteiger partial charge in [-0.15, -0.1) is 0 Å². The van der Waals surface area contributed by atoms with Gasteiger partial charge < -0.3 is 19.1 Å². The molecule has 0 aromatic heterocycles. The largest absolute Gasteiger partial charge is 0.493 e. The molecule has 8 heteroatoms. The van der Waals surface area contributed by atoms with Gasteiger partial charge in [-0.1, -0.05) is 12.1 Å². The van der Waals surface area contributed by atoms with Crippen molar-refractivity contribution in [2.75, 3.05) is 20.8 Å². The minimum absolute atomic E-state index is 0.146. The lowest BCUT2D eigenvalue weighted by Gasteiger charge is -2.27. The zero-order valence-corrected chi connectivity index (χ0v) is 17.5. The number of nitrogens with one attached hydrogen (secondary N) is 1. The van der Waals surface area contributed by atoms with Gasteiger partial charge in [-0.25, -0.2) is 5.48 Å². The number of carbonyl (C=O) groups is 2. The lowest BCUT2D eigenvalue weighted by Crippen LogP contribution is -2.47. The summed E-state index contributed by atoms with van der Waals surface area (Å²) in [5.74, 6) is 1.64. The number of hydroxylamine groups is 1. The normalized spacial score (nSPS) is 19.4. The fraction of sp³-hybridized carbons (Fsp3) is 0.364. The van der Waals surface area contributed by atoms with Gasteiger partial charge in [-0.3, -0.25) is 14.8 Å². The Bertz CT molecular complexity index is 930. The summed E-state index contributed by atoms with van der Waals surface area (Å²) in [6.45, 7) is 3.90. The first-order valence-electron chi connectivity index (χ1n) is 9.59. The Morgan fingerprint density at radius 1 is 1.10 bits per heavy atom. The van der Waals surface area contributed by atoms with Crippen molar-refractivity contribution in [2.24, 2.45) is 0 Å². The molecular weight excluding hydrogens is 388 g/mol. The molecule has 1 aliphatic heterocycles. The van der Waals surface area contributed by atoms with Gasteiger partial charge in [-0.05, 0) is 50.1 Å². The molecule has 2 aromatic rings. The quantitative estimate of drug-likeness (QED) is 0.534. The van der Waals surface area contributed by atoms with Crippen molar-refractivity contribution in [3.05, 3.63) is 48.0 Å². The Balaban J connectivity index is 1.76. The third kappa shape index (κ3) is 3.91. The van der Waals surface area contributed by atoms with E-state index in [2.05, 4.69) is 0 Å². The summed E-state index contributed by atoms with van der Waals surface area (Å²) in [5, 5.41) is 8.85. The van der Waals surface area contributed by atoms with Gasteiger partial charge in [0.2, 0.25) is 5.91 Å². The van der Waals surface area contributed by atoms with Crippen LogP contribution in [0.3, 0.4) is 0 Å². The predicted octanol–water partition coefficient (Wildman–Crippen LogP) is 2.88. The third-order valence-electron chi connectivity index (χ3n) is 5.62. The minimum atomic E-state index is -0.744. The van der Waals surface area contributed by atoms with E-state index in [-0.39, 0.29) is 5.91 Å². The molecule has 2 amide bonds. The Labute approximate surface area is 175 Å². The van der Waals surface area contributed by atoms with Crippen LogP contribution in [0.15, 0.2) is 42.5 Å². The first-order valence-corrected chi connectivity index (χ1v) is 9.59. The van der Waals surface area contributed by atoms with Crippen LogP contribution in [0, 0.1) is 0 Å². The van der Waals surface area contributed by atoms with Gasteiger partial charge in [0.15, 0.2) is 11.5 Å². The summed E-state index contributed by atoms with van der Waals surface area (Å²) < 4.78 is 16.4. The third-order valence-corrected chi connectivity index (χ3v) is 5.62. The van der Waals surface area contributed by atoms with Crippen LogP contribution in [-0.4, -0.2) is 48.7 Å². The zero-order valence-electron chi connectivity index (χ0n) is 17.5. The maximum Gasteiger partial charge on any atom is 0.265 e. The average molecular weight is 414 g/mol. The lowest BCUT2D eigenvalue weighted by molar-refractivity contribution is -0.143. The number of hydrogen-bond donors (Lipinski definition) is 2. The molecule has 8 nitrogen and oxygen atoms in total. The summed E-state index contributed by atoms with van der Waals surface area (Å²) in [5.41, 5.74) is 1.70. The highest BCUT2D eigenvalue weighted by Crippen LogP contribution is 2.38. The van der Waals surface area contributed by atoms with E-state index in [4.69, 9.17) is 19.4 Å². The smallest absolute Gasteiger partial charge is 0.265 e.